The summed E-state index contributed by atoms with van der Waals surface area (Å²) in [6.45, 7) is 4.33. The first kappa shape index (κ1) is 11.5. The average molecular weight is 241 g/mol. The molecule has 1 N–H and O–H groups in total. The molecule has 0 bridgehead atoms. The maximum absolute atomic E-state index is 4.34. The normalized spacial score (nSPS) is 19.9. The number of imidazole rings is 1. The van der Waals surface area contributed by atoms with Gasteiger partial charge in [-0.1, -0.05) is 23.8 Å². The minimum Gasteiger partial charge on any atom is -0.326 e. The lowest BCUT2D eigenvalue weighted by atomic mass is 10.1. The van der Waals surface area contributed by atoms with E-state index >= 15 is 0 Å². The number of aromatic nitrogens is 2. The predicted molar refractivity (Wildman–Crippen MR) is 73.5 cm³/mol. The van der Waals surface area contributed by atoms with Crippen molar-refractivity contribution >= 4 is 0 Å². The molecule has 2 heterocycles. The second-order valence-electron chi connectivity index (χ2n) is 5.06. The molecule has 94 valence electrons. The van der Waals surface area contributed by atoms with Gasteiger partial charge in [0.25, 0.3) is 0 Å². The van der Waals surface area contributed by atoms with Crippen molar-refractivity contribution in [3.8, 4) is 11.3 Å². The Hall–Kier alpha value is -1.61. The lowest BCUT2D eigenvalue weighted by molar-refractivity contribution is 0.373. The topological polar surface area (TPSA) is 29.9 Å². The Morgan fingerprint density at radius 3 is 3.11 bits per heavy atom. The predicted octanol–water partition coefficient (Wildman–Crippen LogP) is 2.78. The van der Waals surface area contributed by atoms with Gasteiger partial charge in [-0.15, -0.1) is 0 Å². The van der Waals surface area contributed by atoms with Crippen molar-refractivity contribution in [2.75, 3.05) is 13.1 Å². The zero-order valence-electron chi connectivity index (χ0n) is 10.8. The maximum Gasteiger partial charge on any atom is 0.0954 e. The Labute approximate surface area is 108 Å². The summed E-state index contributed by atoms with van der Waals surface area (Å²) in [5.74, 6) is 0. The summed E-state index contributed by atoms with van der Waals surface area (Å²) < 4.78 is 2.32. The first-order valence-electron chi connectivity index (χ1n) is 6.64. The Bertz CT molecular complexity index is 524. The van der Waals surface area contributed by atoms with E-state index < -0.39 is 0 Å². The van der Waals surface area contributed by atoms with Gasteiger partial charge >= 0.3 is 0 Å². The summed E-state index contributed by atoms with van der Waals surface area (Å²) in [4.78, 5) is 4.34. The van der Waals surface area contributed by atoms with E-state index in [9.17, 15) is 0 Å². The molecule has 3 heteroatoms. The molecule has 1 fully saturated rings. The molecule has 1 aliphatic rings. The number of aryl methyl sites for hydroxylation is 1. The van der Waals surface area contributed by atoms with E-state index in [0.717, 1.165) is 13.1 Å². The van der Waals surface area contributed by atoms with E-state index in [2.05, 4.69) is 46.1 Å². The fourth-order valence-corrected chi connectivity index (χ4v) is 2.69. The van der Waals surface area contributed by atoms with Crippen molar-refractivity contribution < 1.29 is 0 Å². The molecule has 1 aromatic carbocycles. The lowest BCUT2D eigenvalue weighted by Crippen LogP contribution is -2.31. The number of nitrogens with one attached hydrogen (secondary N) is 1. The monoisotopic (exact) mass is 241 g/mol. The van der Waals surface area contributed by atoms with Gasteiger partial charge in [0.1, 0.15) is 0 Å². The number of hydrogen-bond acceptors (Lipinski definition) is 2. The summed E-state index contributed by atoms with van der Waals surface area (Å²) in [7, 11) is 0. The molecule has 3 rings (SSSR count). The van der Waals surface area contributed by atoms with Crippen LogP contribution in [0.15, 0.2) is 36.8 Å². The van der Waals surface area contributed by atoms with Gasteiger partial charge in [0.2, 0.25) is 0 Å². The molecule has 1 atom stereocenters. The third-order valence-corrected chi connectivity index (χ3v) is 3.64. The van der Waals surface area contributed by atoms with Crippen molar-refractivity contribution in [2.24, 2.45) is 0 Å². The quantitative estimate of drug-likeness (QED) is 0.876. The van der Waals surface area contributed by atoms with E-state index in [0.29, 0.717) is 6.04 Å². The van der Waals surface area contributed by atoms with Crippen LogP contribution in [0.25, 0.3) is 11.3 Å². The van der Waals surface area contributed by atoms with Gasteiger partial charge in [-0.05, 0) is 32.4 Å². The minimum atomic E-state index is 0.539. The van der Waals surface area contributed by atoms with Crippen LogP contribution < -0.4 is 5.32 Å². The van der Waals surface area contributed by atoms with Crippen molar-refractivity contribution in [2.45, 2.75) is 25.8 Å². The van der Waals surface area contributed by atoms with E-state index in [-0.39, 0.29) is 0 Å². The summed E-state index contributed by atoms with van der Waals surface area (Å²) in [5.41, 5.74) is 3.78. The van der Waals surface area contributed by atoms with Crippen LogP contribution in [0, 0.1) is 6.92 Å². The third kappa shape index (κ3) is 2.18. The number of nitrogens with zero attached hydrogens (tertiary/aromatic N) is 2. The zero-order chi connectivity index (χ0) is 12.4. The van der Waals surface area contributed by atoms with Crippen LogP contribution >= 0.6 is 0 Å². The highest BCUT2D eigenvalue weighted by atomic mass is 15.1. The zero-order valence-corrected chi connectivity index (χ0v) is 10.8. The number of piperidine rings is 1. The molecule has 1 aromatic heterocycles. The van der Waals surface area contributed by atoms with Crippen molar-refractivity contribution in [3.63, 3.8) is 0 Å². The third-order valence-electron chi connectivity index (χ3n) is 3.64. The summed E-state index contributed by atoms with van der Waals surface area (Å²) >= 11 is 0. The largest absolute Gasteiger partial charge is 0.326 e. The van der Waals surface area contributed by atoms with Crippen LogP contribution in [-0.2, 0) is 0 Å². The Balaban J connectivity index is 1.95. The highest BCUT2D eigenvalue weighted by Gasteiger charge is 2.17. The highest BCUT2D eigenvalue weighted by Crippen LogP contribution is 2.26. The molecule has 0 aliphatic carbocycles. The summed E-state index contributed by atoms with van der Waals surface area (Å²) in [6, 6.07) is 9.17. The van der Waals surface area contributed by atoms with Crippen LogP contribution in [0.5, 0.6) is 0 Å². The summed E-state index contributed by atoms with van der Waals surface area (Å²) in [6.07, 6.45) is 6.43. The maximum atomic E-state index is 4.34. The fraction of sp³-hybridized carbons (Fsp3) is 0.400. The van der Waals surface area contributed by atoms with E-state index in [4.69, 9.17) is 0 Å². The molecule has 1 unspecified atom stereocenters. The van der Waals surface area contributed by atoms with Crippen LogP contribution in [0.2, 0.25) is 0 Å². The first-order chi connectivity index (χ1) is 8.84. The molecular formula is C15H19N3. The SMILES string of the molecule is Cc1cccc(-c2cncn2C2CCCNC2)c1. The summed E-state index contributed by atoms with van der Waals surface area (Å²) in [5, 5.41) is 3.46. The molecule has 0 saturated carbocycles. The van der Waals surface area contributed by atoms with Crippen molar-refractivity contribution in [3.05, 3.63) is 42.4 Å². The van der Waals surface area contributed by atoms with Crippen LogP contribution in [0.4, 0.5) is 0 Å². The number of hydrogen-bond donors (Lipinski definition) is 1. The van der Waals surface area contributed by atoms with Gasteiger partial charge in [0, 0.05) is 18.2 Å². The van der Waals surface area contributed by atoms with E-state index in [1.165, 1.54) is 29.7 Å². The Kier molecular flexibility index (Phi) is 3.15. The van der Waals surface area contributed by atoms with Gasteiger partial charge in [-0.3, -0.25) is 0 Å². The Morgan fingerprint density at radius 2 is 2.33 bits per heavy atom. The second-order valence-corrected chi connectivity index (χ2v) is 5.06. The van der Waals surface area contributed by atoms with Gasteiger partial charge in [-0.2, -0.15) is 0 Å². The first-order valence-corrected chi connectivity index (χ1v) is 6.64. The molecule has 0 spiro atoms. The molecule has 18 heavy (non-hydrogen) atoms. The number of benzene rings is 1. The van der Waals surface area contributed by atoms with E-state index in [1.54, 1.807) is 0 Å². The van der Waals surface area contributed by atoms with E-state index in [1.807, 2.05) is 12.5 Å². The number of rotatable bonds is 2. The molecule has 0 amide bonds. The molecule has 0 radical (unpaired) electrons. The molecule has 1 aliphatic heterocycles. The van der Waals surface area contributed by atoms with Crippen molar-refractivity contribution in [1.29, 1.82) is 0 Å². The molecule has 1 saturated heterocycles. The second kappa shape index (κ2) is 4.94. The minimum absolute atomic E-state index is 0.539. The average Bonchev–Trinajstić information content (AvgIpc) is 2.89. The molecular weight excluding hydrogens is 222 g/mol. The lowest BCUT2D eigenvalue weighted by Gasteiger charge is -2.25. The Morgan fingerprint density at radius 1 is 1.39 bits per heavy atom. The molecule has 2 aromatic rings. The van der Waals surface area contributed by atoms with Crippen LogP contribution in [0.3, 0.4) is 0 Å². The fourth-order valence-electron chi connectivity index (χ4n) is 2.69. The van der Waals surface area contributed by atoms with Crippen molar-refractivity contribution in [1.82, 2.24) is 14.9 Å². The standard InChI is InChI=1S/C15H19N3/c1-12-4-2-5-13(8-12)15-10-17-11-18(15)14-6-3-7-16-9-14/h2,4-5,8,10-11,14,16H,3,6-7,9H2,1H3. The van der Waals surface area contributed by atoms with Crippen LogP contribution in [0.1, 0.15) is 24.4 Å². The van der Waals surface area contributed by atoms with Gasteiger partial charge in [0.15, 0.2) is 0 Å². The molecule has 3 nitrogen and oxygen atoms in total. The van der Waals surface area contributed by atoms with Gasteiger partial charge in [0.05, 0.1) is 18.2 Å². The van der Waals surface area contributed by atoms with Gasteiger partial charge in [-0.25, -0.2) is 4.98 Å². The van der Waals surface area contributed by atoms with Gasteiger partial charge < -0.3 is 9.88 Å². The highest BCUT2D eigenvalue weighted by molar-refractivity contribution is 5.60. The van der Waals surface area contributed by atoms with Crippen LogP contribution in [-0.4, -0.2) is 22.6 Å². The smallest absolute Gasteiger partial charge is 0.0954 e.